The van der Waals surface area contributed by atoms with Crippen LogP contribution in [-0.4, -0.2) is 29.6 Å². The number of rotatable bonds is 8. The van der Waals surface area contributed by atoms with Crippen LogP contribution in [0.15, 0.2) is 24.3 Å². The Labute approximate surface area is 116 Å². The van der Waals surface area contributed by atoms with Gasteiger partial charge in [0.2, 0.25) is 0 Å². The molecule has 0 saturated heterocycles. The fourth-order valence-electron chi connectivity index (χ4n) is 2.08. The van der Waals surface area contributed by atoms with E-state index in [9.17, 15) is 4.79 Å². The van der Waals surface area contributed by atoms with Crippen molar-refractivity contribution in [1.82, 2.24) is 4.90 Å². The van der Waals surface area contributed by atoms with Gasteiger partial charge in [-0.25, -0.2) is 0 Å². The van der Waals surface area contributed by atoms with E-state index in [1.807, 2.05) is 24.3 Å². The monoisotopic (exact) mass is 263 g/mol. The van der Waals surface area contributed by atoms with Crippen LogP contribution in [0.25, 0.3) is 0 Å². The maximum atomic E-state index is 10.9. The van der Waals surface area contributed by atoms with Gasteiger partial charge in [-0.3, -0.25) is 4.79 Å². The number of carboxylic acid groups (broad SMARTS) is 1. The normalized spacial score (nSPS) is 12.6. The van der Waals surface area contributed by atoms with E-state index in [0.29, 0.717) is 0 Å². The fourth-order valence-corrected chi connectivity index (χ4v) is 2.08. The maximum absolute atomic E-state index is 10.9. The number of nitrogens with zero attached hydrogens (tertiary/aromatic N) is 1. The molecule has 19 heavy (non-hydrogen) atoms. The van der Waals surface area contributed by atoms with E-state index in [1.165, 1.54) is 24.8 Å². The van der Waals surface area contributed by atoms with E-state index in [-0.39, 0.29) is 0 Å². The van der Waals surface area contributed by atoms with Gasteiger partial charge in [0.05, 0.1) is 5.92 Å². The van der Waals surface area contributed by atoms with Crippen molar-refractivity contribution in [1.29, 1.82) is 0 Å². The highest BCUT2D eigenvalue weighted by atomic mass is 16.4. The van der Waals surface area contributed by atoms with Gasteiger partial charge in [0.15, 0.2) is 0 Å². The molecule has 0 radical (unpaired) electrons. The molecule has 1 rings (SSSR count). The van der Waals surface area contributed by atoms with Crippen LogP contribution in [0.1, 0.15) is 50.2 Å². The summed E-state index contributed by atoms with van der Waals surface area (Å²) in [6.07, 6.45) is 3.76. The zero-order chi connectivity index (χ0) is 14.3. The van der Waals surface area contributed by atoms with Crippen LogP contribution in [0.4, 0.5) is 0 Å². The molecule has 1 aromatic carbocycles. The zero-order valence-electron chi connectivity index (χ0n) is 12.2. The average molecular weight is 263 g/mol. The second kappa shape index (κ2) is 7.95. The Morgan fingerprint density at radius 1 is 1.26 bits per heavy atom. The summed E-state index contributed by atoms with van der Waals surface area (Å²) in [5, 5.41) is 8.96. The van der Waals surface area contributed by atoms with Gasteiger partial charge in [-0.05, 0) is 38.1 Å². The average Bonchev–Trinajstić information content (AvgIpc) is 2.39. The maximum Gasteiger partial charge on any atom is 0.310 e. The minimum Gasteiger partial charge on any atom is -0.481 e. The SMILES string of the molecule is CCCCCN(C)Cc1ccc(C(C)C(=O)O)cc1. The van der Waals surface area contributed by atoms with Crippen LogP contribution in [0.2, 0.25) is 0 Å². The second-order valence-corrected chi connectivity index (χ2v) is 5.25. The van der Waals surface area contributed by atoms with Crippen molar-refractivity contribution >= 4 is 5.97 Å². The van der Waals surface area contributed by atoms with E-state index in [0.717, 1.165) is 18.7 Å². The predicted molar refractivity (Wildman–Crippen MR) is 78.4 cm³/mol. The summed E-state index contributed by atoms with van der Waals surface area (Å²) in [4.78, 5) is 13.2. The van der Waals surface area contributed by atoms with Crippen molar-refractivity contribution in [2.24, 2.45) is 0 Å². The minimum absolute atomic E-state index is 0.434. The van der Waals surface area contributed by atoms with Crippen molar-refractivity contribution in [2.45, 2.75) is 45.6 Å². The molecule has 0 spiro atoms. The lowest BCUT2D eigenvalue weighted by molar-refractivity contribution is -0.138. The molecule has 0 amide bonds. The van der Waals surface area contributed by atoms with Crippen LogP contribution < -0.4 is 0 Å². The first-order chi connectivity index (χ1) is 9.04. The van der Waals surface area contributed by atoms with Gasteiger partial charge in [0.1, 0.15) is 0 Å². The Hall–Kier alpha value is -1.35. The van der Waals surface area contributed by atoms with E-state index >= 15 is 0 Å². The number of benzene rings is 1. The largest absolute Gasteiger partial charge is 0.481 e. The second-order valence-electron chi connectivity index (χ2n) is 5.25. The summed E-state index contributed by atoms with van der Waals surface area (Å²) in [7, 11) is 2.13. The van der Waals surface area contributed by atoms with Crippen molar-refractivity contribution in [3.05, 3.63) is 35.4 Å². The van der Waals surface area contributed by atoms with Crippen molar-refractivity contribution in [3.63, 3.8) is 0 Å². The Kier molecular flexibility index (Phi) is 6.57. The first kappa shape index (κ1) is 15.7. The molecule has 3 nitrogen and oxygen atoms in total. The Bertz CT molecular complexity index is 386. The van der Waals surface area contributed by atoms with Gasteiger partial charge in [0.25, 0.3) is 0 Å². The number of hydrogen-bond donors (Lipinski definition) is 1. The number of carboxylic acids is 1. The third kappa shape index (κ3) is 5.43. The van der Waals surface area contributed by atoms with Gasteiger partial charge in [-0.1, -0.05) is 44.0 Å². The van der Waals surface area contributed by atoms with E-state index in [1.54, 1.807) is 6.92 Å². The summed E-state index contributed by atoms with van der Waals surface area (Å²) in [6, 6.07) is 7.91. The lowest BCUT2D eigenvalue weighted by Gasteiger charge is -2.17. The molecule has 0 aromatic heterocycles. The highest BCUT2D eigenvalue weighted by Crippen LogP contribution is 2.16. The van der Waals surface area contributed by atoms with Gasteiger partial charge >= 0.3 is 5.97 Å². The van der Waals surface area contributed by atoms with Crippen LogP contribution in [0, 0.1) is 0 Å². The smallest absolute Gasteiger partial charge is 0.310 e. The molecule has 1 N–H and O–H groups in total. The van der Waals surface area contributed by atoms with Crippen LogP contribution in [0.5, 0.6) is 0 Å². The topological polar surface area (TPSA) is 40.5 Å². The number of carbonyl (C=O) groups is 1. The molecule has 0 saturated carbocycles. The van der Waals surface area contributed by atoms with Crippen molar-refractivity contribution in [2.75, 3.05) is 13.6 Å². The zero-order valence-corrected chi connectivity index (χ0v) is 12.2. The van der Waals surface area contributed by atoms with E-state index in [2.05, 4.69) is 18.9 Å². The molecule has 0 aliphatic heterocycles. The van der Waals surface area contributed by atoms with Gasteiger partial charge < -0.3 is 10.0 Å². The summed E-state index contributed by atoms with van der Waals surface area (Å²) >= 11 is 0. The third-order valence-corrected chi connectivity index (χ3v) is 3.45. The van der Waals surface area contributed by atoms with Gasteiger partial charge in [-0.15, -0.1) is 0 Å². The summed E-state index contributed by atoms with van der Waals surface area (Å²) in [5.41, 5.74) is 2.10. The molecule has 3 heteroatoms. The molecule has 1 unspecified atom stereocenters. The van der Waals surface area contributed by atoms with E-state index in [4.69, 9.17) is 5.11 Å². The third-order valence-electron chi connectivity index (χ3n) is 3.45. The fraction of sp³-hybridized carbons (Fsp3) is 0.562. The molecular formula is C16H25NO2. The Balaban J connectivity index is 2.50. The molecule has 106 valence electrons. The standard InChI is InChI=1S/C16H25NO2/c1-4-5-6-11-17(3)12-14-7-9-15(10-8-14)13(2)16(18)19/h7-10,13H,4-6,11-12H2,1-3H3,(H,18,19). The molecule has 1 aromatic rings. The first-order valence-corrected chi connectivity index (χ1v) is 7.04. The van der Waals surface area contributed by atoms with E-state index < -0.39 is 11.9 Å². The quantitative estimate of drug-likeness (QED) is 0.730. The van der Waals surface area contributed by atoms with Crippen LogP contribution >= 0.6 is 0 Å². The van der Waals surface area contributed by atoms with Crippen LogP contribution in [-0.2, 0) is 11.3 Å². The molecule has 0 heterocycles. The summed E-state index contributed by atoms with van der Waals surface area (Å²) in [5.74, 6) is -1.21. The Morgan fingerprint density at radius 2 is 1.89 bits per heavy atom. The highest BCUT2D eigenvalue weighted by molar-refractivity contribution is 5.75. The predicted octanol–water partition coefficient (Wildman–Crippen LogP) is 3.50. The summed E-state index contributed by atoms with van der Waals surface area (Å²) in [6.45, 7) is 5.96. The Morgan fingerprint density at radius 3 is 2.42 bits per heavy atom. The number of aliphatic carboxylic acids is 1. The van der Waals surface area contributed by atoms with Gasteiger partial charge in [0, 0.05) is 6.54 Å². The molecule has 0 bridgehead atoms. The highest BCUT2D eigenvalue weighted by Gasteiger charge is 2.13. The molecule has 1 atom stereocenters. The van der Waals surface area contributed by atoms with Crippen LogP contribution in [0.3, 0.4) is 0 Å². The molecule has 0 fully saturated rings. The lowest BCUT2D eigenvalue weighted by atomic mass is 10.00. The lowest BCUT2D eigenvalue weighted by Crippen LogP contribution is -2.19. The van der Waals surface area contributed by atoms with Crippen molar-refractivity contribution < 1.29 is 9.90 Å². The molecule has 0 aliphatic rings. The number of hydrogen-bond acceptors (Lipinski definition) is 2. The molecular weight excluding hydrogens is 238 g/mol. The van der Waals surface area contributed by atoms with Crippen molar-refractivity contribution in [3.8, 4) is 0 Å². The number of unbranched alkanes of at least 4 members (excludes halogenated alkanes) is 2. The first-order valence-electron chi connectivity index (χ1n) is 7.04. The van der Waals surface area contributed by atoms with Gasteiger partial charge in [-0.2, -0.15) is 0 Å². The summed E-state index contributed by atoms with van der Waals surface area (Å²) < 4.78 is 0. The minimum atomic E-state index is -0.774. The molecule has 0 aliphatic carbocycles.